The van der Waals surface area contributed by atoms with E-state index in [1.54, 1.807) is 0 Å². The molecule has 4 nitrogen and oxygen atoms in total. The van der Waals surface area contributed by atoms with E-state index in [1.165, 1.54) is 48.2 Å². The van der Waals surface area contributed by atoms with Gasteiger partial charge in [0.25, 0.3) is 0 Å². The van der Waals surface area contributed by atoms with E-state index in [-0.39, 0.29) is 6.03 Å². The van der Waals surface area contributed by atoms with Gasteiger partial charge in [-0.1, -0.05) is 48.0 Å². The van der Waals surface area contributed by atoms with Crippen molar-refractivity contribution in [3.63, 3.8) is 0 Å². The molecule has 3 aliphatic rings. The SMILES string of the molecule is Cc1ccc(C2CCN(C(=O)N3CCCc4cc(/C=C/CN5CCCC5)ccc43)CC2)cc1. The fourth-order valence-electron chi connectivity index (χ4n) is 5.64. The molecule has 0 spiro atoms. The first-order valence-corrected chi connectivity index (χ1v) is 12.8. The number of carbonyl (C=O) groups excluding carboxylic acids is 1. The summed E-state index contributed by atoms with van der Waals surface area (Å²) in [4.78, 5) is 20.1. The first-order valence-electron chi connectivity index (χ1n) is 12.8. The maximum Gasteiger partial charge on any atom is 0.324 e. The number of hydrogen-bond donors (Lipinski definition) is 0. The van der Waals surface area contributed by atoms with Gasteiger partial charge < -0.3 is 4.90 Å². The Morgan fingerprint density at radius 1 is 0.939 bits per heavy atom. The lowest BCUT2D eigenvalue weighted by Gasteiger charge is -2.38. The highest BCUT2D eigenvalue weighted by Gasteiger charge is 2.30. The third-order valence-electron chi connectivity index (χ3n) is 7.64. The summed E-state index contributed by atoms with van der Waals surface area (Å²) >= 11 is 0. The molecular formula is C29H37N3O. The van der Waals surface area contributed by atoms with Crippen molar-refractivity contribution in [2.24, 2.45) is 0 Å². The average molecular weight is 444 g/mol. The molecule has 2 aromatic rings. The summed E-state index contributed by atoms with van der Waals surface area (Å²) in [5.74, 6) is 0.568. The maximum atomic E-state index is 13.4. The predicted octanol–water partition coefficient (Wildman–Crippen LogP) is 5.86. The zero-order chi connectivity index (χ0) is 22.6. The molecule has 2 fully saturated rings. The van der Waals surface area contributed by atoms with E-state index in [0.717, 1.165) is 57.5 Å². The second kappa shape index (κ2) is 10.1. The number of rotatable bonds is 4. The van der Waals surface area contributed by atoms with Gasteiger partial charge in [0, 0.05) is 31.9 Å². The lowest BCUT2D eigenvalue weighted by Crippen LogP contribution is -2.48. The van der Waals surface area contributed by atoms with E-state index >= 15 is 0 Å². The number of amides is 2. The first-order chi connectivity index (χ1) is 16.2. The zero-order valence-corrected chi connectivity index (χ0v) is 20.0. The number of fused-ring (bicyclic) bond motifs is 1. The minimum Gasteiger partial charge on any atom is -0.324 e. The number of likely N-dealkylation sites (tertiary alicyclic amines) is 2. The molecule has 174 valence electrons. The number of nitrogens with zero attached hydrogens (tertiary/aromatic N) is 3. The number of carbonyl (C=O) groups is 1. The van der Waals surface area contributed by atoms with Crippen LogP contribution in [0.1, 0.15) is 60.3 Å². The maximum absolute atomic E-state index is 13.4. The minimum absolute atomic E-state index is 0.190. The van der Waals surface area contributed by atoms with Gasteiger partial charge in [-0.25, -0.2) is 4.79 Å². The smallest absolute Gasteiger partial charge is 0.324 e. The Morgan fingerprint density at radius 3 is 2.45 bits per heavy atom. The number of piperidine rings is 1. The van der Waals surface area contributed by atoms with Crippen LogP contribution in [0.25, 0.3) is 6.08 Å². The quantitative estimate of drug-likeness (QED) is 0.592. The molecule has 0 N–H and O–H groups in total. The highest BCUT2D eigenvalue weighted by atomic mass is 16.2. The Labute approximate surface area is 198 Å². The monoisotopic (exact) mass is 443 g/mol. The lowest BCUT2D eigenvalue weighted by atomic mass is 9.89. The third kappa shape index (κ3) is 5.16. The van der Waals surface area contributed by atoms with Gasteiger partial charge in [-0.15, -0.1) is 0 Å². The van der Waals surface area contributed by atoms with E-state index in [9.17, 15) is 4.79 Å². The molecule has 2 aromatic carbocycles. The van der Waals surface area contributed by atoms with Crippen LogP contribution in [0.15, 0.2) is 48.5 Å². The summed E-state index contributed by atoms with van der Waals surface area (Å²) in [6, 6.07) is 15.7. The van der Waals surface area contributed by atoms with Crippen molar-refractivity contribution < 1.29 is 4.79 Å². The van der Waals surface area contributed by atoms with Crippen molar-refractivity contribution in [1.82, 2.24) is 9.80 Å². The Bertz CT molecular complexity index is 982. The van der Waals surface area contributed by atoms with Crippen LogP contribution in [0.5, 0.6) is 0 Å². The van der Waals surface area contributed by atoms with Crippen molar-refractivity contribution in [2.45, 2.75) is 51.4 Å². The molecule has 3 heterocycles. The largest absolute Gasteiger partial charge is 0.324 e. The van der Waals surface area contributed by atoms with E-state index in [1.807, 2.05) is 4.90 Å². The topological polar surface area (TPSA) is 26.8 Å². The fourth-order valence-corrected chi connectivity index (χ4v) is 5.64. The van der Waals surface area contributed by atoms with Crippen molar-refractivity contribution in [3.05, 3.63) is 70.8 Å². The Balaban J connectivity index is 1.21. The van der Waals surface area contributed by atoms with E-state index in [0.29, 0.717) is 5.92 Å². The van der Waals surface area contributed by atoms with E-state index < -0.39 is 0 Å². The third-order valence-corrected chi connectivity index (χ3v) is 7.64. The molecule has 0 atom stereocenters. The molecular weight excluding hydrogens is 406 g/mol. The van der Waals surface area contributed by atoms with E-state index in [4.69, 9.17) is 0 Å². The van der Waals surface area contributed by atoms with Gasteiger partial charge in [-0.2, -0.15) is 0 Å². The molecule has 0 saturated carbocycles. The van der Waals surface area contributed by atoms with Gasteiger partial charge in [-0.3, -0.25) is 9.80 Å². The molecule has 3 aliphatic heterocycles. The predicted molar refractivity (Wildman–Crippen MR) is 137 cm³/mol. The number of aryl methyl sites for hydroxylation is 2. The fraction of sp³-hybridized carbons (Fsp3) is 0.483. The highest BCUT2D eigenvalue weighted by molar-refractivity contribution is 5.93. The minimum atomic E-state index is 0.190. The van der Waals surface area contributed by atoms with Crippen LogP contribution in [0.3, 0.4) is 0 Å². The molecule has 2 saturated heterocycles. The second-order valence-corrected chi connectivity index (χ2v) is 10.0. The Hall–Kier alpha value is -2.59. The van der Waals surface area contributed by atoms with Crippen molar-refractivity contribution in [2.75, 3.05) is 44.2 Å². The number of anilines is 1. The van der Waals surface area contributed by atoms with Gasteiger partial charge in [0.1, 0.15) is 0 Å². The Morgan fingerprint density at radius 2 is 1.70 bits per heavy atom. The van der Waals surface area contributed by atoms with Gasteiger partial charge in [0.2, 0.25) is 0 Å². The first kappa shape index (κ1) is 22.2. The van der Waals surface area contributed by atoms with Crippen LogP contribution in [0.4, 0.5) is 10.5 Å². The molecule has 5 rings (SSSR count). The normalized spacial score (nSPS) is 19.9. The Kier molecular flexibility index (Phi) is 6.82. The van der Waals surface area contributed by atoms with Gasteiger partial charge in [-0.05, 0) is 93.3 Å². The molecule has 4 heteroatoms. The molecule has 33 heavy (non-hydrogen) atoms. The second-order valence-electron chi connectivity index (χ2n) is 10.0. The van der Waals surface area contributed by atoms with Crippen molar-refractivity contribution in [1.29, 1.82) is 0 Å². The summed E-state index contributed by atoms with van der Waals surface area (Å²) in [5.41, 5.74) is 6.40. The van der Waals surface area contributed by atoms with Crippen LogP contribution in [-0.4, -0.2) is 55.1 Å². The van der Waals surface area contributed by atoms with Crippen LogP contribution in [-0.2, 0) is 6.42 Å². The van der Waals surface area contributed by atoms with Crippen molar-refractivity contribution >= 4 is 17.8 Å². The van der Waals surface area contributed by atoms with Crippen LogP contribution < -0.4 is 4.90 Å². The summed E-state index contributed by atoms with van der Waals surface area (Å²) in [7, 11) is 0. The van der Waals surface area contributed by atoms with Crippen LogP contribution in [0.2, 0.25) is 0 Å². The standard InChI is InChI=1S/C29H37N3O/c1-23-8-11-25(12-9-23)26-14-20-31(21-15-26)29(33)32-19-5-7-27-22-24(10-13-28(27)32)6-4-18-30-16-2-3-17-30/h4,6,8-13,22,26H,2-3,5,7,14-21H2,1H3/b6-4+. The number of benzene rings is 2. The van der Waals surface area contributed by atoms with Crippen LogP contribution >= 0.6 is 0 Å². The van der Waals surface area contributed by atoms with Crippen LogP contribution in [0, 0.1) is 6.92 Å². The van der Waals surface area contributed by atoms with Gasteiger partial charge >= 0.3 is 6.03 Å². The molecule has 0 bridgehead atoms. The summed E-state index contributed by atoms with van der Waals surface area (Å²) in [6.45, 7) is 8.16. The van der Waals surface area contributed by atoms with E-state index in [2.05, 4.69) is 71.3 Å². The number of hydrogen-bond acceptors (Lipinski definition) is 2. The molecule has 2 amide bonds. The molecule has 0 unspecified atom stereocenters. The lowest BCUT2D eigenvalue weighted by molar-refractivity contribution is 0.187. The zero-order valence-electron chi connectivity index (χ0n) is 20.0. The van der Waals surface area contributed by atoms with Gasteiger partial charge in [0.15, 0.2) is 0 Å². The summed E-state index contributed by atoms with van der Waals surface area (Å²) in [6.07, 6.45) is 11.4. The van der Waals surface area contributed by atoms with Crippen molar-refractivity contribution in [3.8, 4) is 0 Å². The average Bonchev–Trinajstić information content (AvgIpc) is 3.37. The summed E-state index contributed by atoms with van der Waals surface area (Å²) in [5, 5.41) is 0. The summed E-state index contributed by atoms with van der Waals surface area (Å²) < 4.78 is 0. The highest BCUT2D eigenvalue weighted by Crippen LogP contribution is 2.32. The molecule has 0 aromatic heterocycles. The number of urea groups is 1. The molecule has 0 aliphatic carbocycles. The molecule has 0 radical (unpaired) electrons. The van der Waals surface area contributed by atoms with Gasteiger partial charge in [0.05, 0.1) is 0 Å².